The minimum Gasteiger partial charge on any atom is -0.444 e. The summed E-state index contributed by atoms with van der Waals surface area (Å²) in [4.78, 5) is 41.1. The molecule has 36 heavy (non-hydrogen) atoms. The molecular formula is C26H34N5O5+. The maximum absolute atomic E-state index is 12.6. The Balaban J connectivity index is 1.74. The van der Waals surface area contributed by atoms with E-state index < -0.39 is 29.3 Å². The number of aromatic nitrogens is 1. The fraction of sp³-hybridized carbons (Fsp3) is 0.423. The van der Waals surface area contributed by atoms with Crippen molar-refractivity contribution in [2.24, 2.45) is 0 Å². The quantitative estimate of drug-likeness (QED) is 0.493. The lowest BCUT2D eigenvalue weighted by Gasteiger charge is -2.20. The normalized spacial score (nSPS) is 13.1. The fourth-order valence-corrected chi connectivity index (χ4v) is 3.26. The first-order valence-electron chi connectivity index (χ1n) is 11.7. The third kappa shape index (κ3) is 8.68. The first kappa shape index (κ1) is 26.7. The number of hydrogen-bond acceptors (Lipinski definition) is 6. The van der Waals surface area contributed by atoms with E-state index in [0.717, 1.165) is 17.8 Å². The third-order valence-corrected chi connectivity index (χ3v) is 4.74. The first-order chi connectivity index (χ1) is 16.8. The van der Waals surface area contributed by atoms with Gasteiger partial charge in [0, 0.05) is 17.7 Å². The van der Waals surface area contributed by atoms with E-state index in [2.05, 4.69) is 25.5 Å². The second kappa shape index (κ2) is 10.8. The number of benzene rings is 1. The van der Waals surface area contributed by atoms with Crippen molar-refractivity contribution in [2.45, 2.75) is 59.2 Å². The van der Waals surface area contributed by atoms with Crippen molar-refractivity contribution < 1.29 is 28.4 Å². The number of nitrogens with one attached hydrogen (secondary N) is 3. The molecule has 3 amide bonds. The Hall–Kier alpha value is -3.95. The first-order valence-corrected chi connectivity index (χ1v) is 11.7. The minimum absolute atomic E-state index is 0.226. The summed E-state index contributed by atoms with van der Waals surface area (Å²) >= 11 is 0. The van der Waals surface area contributed by atoms with Crippen LogP contribution in [0.15, 0.2) is 42.5 Å². The lowest BCUT2D eigenvalue weighted by Crippen LogP contribution is -2.37. The lowest BCUT2D eigenvalue weighted by molar-refractivity contribution is -0.342. The number of carbonyl (C=O) groups excluding carboxylic acids is 3. The van der Waals surface area contributed by atoms with Gasteiger partial charge in [0.2, 0.25) is 23.9 Å². The van der Waals surface area contributed by atoms with Crippen LogP contribution in [0.1, 0.15) is 47.1 Å². The van der Waals surface area contributed by atoms with Crippen LogP contribution in [0.3, 0.4) is 0 Å². The Morgan fingerprint density at radius 2 is 1.53 bits per heavy atom. The molecule has 0 saturated heterocycles. The number of hydrogen-bond donors (Lipinski definition) is 3. The second-order valence-corrected chi connectivity index (χ2v) is 10.4. The zero-order valence-corrected chi connectivity index (χ0v) is 21.6. The Bertz CT molecular complexity index is 1160. The van der Waals surface area contributed by atoms with Crippen molar-refractivity contribution >= 4 is 41.1 Å². The Kier molecular flexibility index (Phi) is 7.96. The highest BCUT2D eigenvalue weighted by molar-refractivity contribution is 5.96. The highest BCUT2D eigenvalue weighted by Gasteiger charge is 2.35. The zero-order valence-electron chi connectivity index (χ0n) is 21.6. The van der Waals surface area contributed by atoms with Gasteiger partial charge >= 0.3 is 12.2 Å². The molecule has 0 fully saturated rings. The summed E-state index contributed by atoms with van der Waals surface area (Å²) in [6, 6.07) is 13.4. The SMILES string of the molecule is CC(C)(C)OC(=O)NCC(=O)Nc1nc(NC(=O)OC(C)(C)C)ccc1CC1=[N+](c2ccccc2)C1. The predicted molar refractivity (Wildman–Crippen MR) is 137 cm³/mol. The van der Waals surface area contributed by atoms with E-state index in [0.29, 0.717) is 6.42 Å². The van der Waals surface area contributed by atoms with Gasteiger partial charge in [-0.25, -0.2) is 14.6 Å². The molecule has 2 heterocycles. The molecular weight excluding hydrogens is 462 g/mol. The van der Waals surface area contributed by atoms with Crippen molar-refractivity contribution in [3.8, 4) is 0 Å². The molecule has 2 aromatic rings. The minimum atomic E-state index is -0.696. The van der Waals surface area contributed by atoms with E-state index in [-0.39, 0.29) is 18.2 Å². The lowest BCUT2D eigenvalue weighted by atomic mass is 10.1. The smallest absolute Gasteiger partial charge is 0.413 e. The molecule has 1 aliphatic heterocycles. The van der Waals surface area contributed by atoms with E-state index in [4.69, 9.17) is 9.47 Å². The number of amides is 3. The summed E-state index contributed by atoms with van der Waals surface area (Å²) in [5.74, 6) is 0.0285. The molecule has 3 rings (SSSR count). The van der Waals surface area contributed by atoms with Gasteiger partial charge in [0.15, 0.2) is 0 Å². The topological polar surface area (TPSA) is 122 Å². The van der Waals surface area contributed by atoms with Crippen molar-refractivity contribution in [1.29, 1.82) is 0 Å². The molecule has 0 aliphatic carbocycles. The van der Waals surface area contributed by atoms with Crippen molar-refractivity contribution in [3.63, 3.8) is 0 Å². The van der Waals surface area contributed by atoms with Crippen molar-refractivity contribution in [3.05, 3.63) is 48.0 Å². The van der Waals surface area contributed by atoms with Gasteiger partial charge in [-0.15, -0.1) is 0 Å². The average Bonchev–Trinajstić information content (AvgIpc) is 3.51. The van der Waals surface area contributed by atoms with Crippen molar-refractivity contribution in [1.82, 2.24) is 10.3 Å². The van der Waals surface area contributed by atoms with E-state index in [9.17, 15) is 14.4 Å². The molecule has 0 radical (unpaired) electrons. The van der Waals surface area contributed by atoms with Crippen LogP contribution >= 0.6 is 0 Å². The molecule has 1 aliphatic rings. The molecule has 3 N–H and O–H groups in total. The van der Waals surface area contributed by atoms with Gasteiger partial charge < -0.3 is 20.1 Å². The number of pyridine rings is 1. The van der Waals surface area contributed by atoms with Crippen LogP contribution in [0.2, 0.25) is 0 Å². The van der Waals surface area contributed by atoms with Gasteiger partial charge in [0.1, 0.15) is 29.4 Å². The highest BCUT2D eigenvalue weighted by atomic mass is 16.6. The van der Waals surface area contributed by atoms with Crippen LogP contribution in [-0.4, -0.2) is 57.7 Å². The number of rotatable bonds is 7. The van der Waals surface area contributed by atoms with Crippen LogP contribution < -0.4 is 16.0 Å². The van der Waals surface area contributed by atoms with Crippen LogP contribution in [0, 0.1) is 0 Å². The van der Waals surface area contributed by atoms with E-state index in [1.54, 1.807) is 53.7 Å². The molecule has 1 aromatic heterocycles. The second-order valence-electron chi connectivity index (χ2n) is 10.4. The highest BCUT2D eigenvalue weighted by Crippen LogP contribution is 2.24. The monoisotopic (exact) mass is 496 g/mol. The zero-order chi connectivity index (χ0) is 26.5. The number of alkyl carbamates (subject to hydrolysis) is 1. The molecule has 0 atom stereocenters. The Morgan fingerprint density at radius 3 is 2.17 bits per heavy atom. The molecule has 10 nitrogen and oxygen atoms in total. The summed E-state index contributed by atoms with van der Waals surface area (Å²) in [5, 5.41) is 7.75. The fourth-order valence-electron chi connectivity index (χ4n) is 3.26. The number of anilines is 2. The molecule has 10 heteroatoms. The van der Waals surface area contributed by atoms with Crippen LogP contribution in [0.4, 0.5) is 26.9 Å². The van der Waals surface area contributed by atoms with Gasteiger partial charge in [-0.1, -0.05) is 24.3 Å². The van der Waals surface area contributed by atoms with E-state index in [1.165, 1.54) is 5.71 Å². The summed E-state index contributed by atoms with van der Waals surface area (Å²) in [6.07, 6.45) is -0.791. The molecule has 1 aromatic carbocycles. The van der Waals surface area contributed by atoms with E-state index >= 15 is 0 Å². The number of para-hydroxylation sites is 1. The average molecular weight is 497 g/mol. The Morgan fingerprint density at radius 1 is 0.889 bits per heavy atom. The van der Waals surface area contributed by atoms with Gasteiger partial charge in [-0.05, 0) is 47.6 Å². The number of carbonyl (C=O) groups is 3. The Labute approximate surface area is 211 Å². The van der Waals surface area contributed by atoms with Gasteiger partial charge in [0.25, 0.3) is 0 Å². The maximum atomic E-state index is 12.6. The van der Waals surface area contributed by atoms with Gasteiger partial charge in [-0.3, -0.25) is 10.1 Å². The maximum Gasteiger partial charge on any atom is 0.413 e. The predicted octanol–water partition coefficient (Wildman–Crippen LogP) is 4.23. The molecule has 0 saturated carbocycles. The van der Waals surface area contributed by atoms with Crippen LogP contribution in [0.5, 0.6) is 0 Å². The summed E-state index contributed by atoms with van der Waals surface area (Å²) in [7, 11) is 0. The largest absolute Gasteiger partial charge is 0.444 e. The summed E-state index contributed by atoms with van der Waals surface area (Å²) in [5.41, 5.74) is 1.68. The third-order valence-electron chi connectivity index (χ3n) is 4.74. The number of nitrogens with zero attached hydrogens (tertiary/aromatic N) is 2. The van der Waals surface area contributed by atoms with E-state index in [1.807, 2.05) is 30.3 Å². The molecule has 0 spiro atoms. The van der Waals surface area contributed by atoms with Gasteiger partial charge in [0.05, 0.1) is 6.42 Å². The van der Waals surface area contributed by atoms with Crippen LogP contribution in [0.25, 0.3) is 0 Å². The molecule has 0 bridgehead atoms. The molecule has 192 valence electrons. The standard InChI is InChI=1S/C26H33N5O5/c1-25(2,3)35-23(33)27-15-21(32)30-22-17(14-19-16-31(19)18-10-8-7-9-11-18)12-13-20(28-22)29-24(34)36-26(4,5)6/h7-13H,14-16H2,1-6H3,(H2-,27,28,29,30,32,33,34)/p+1. The summed E-state index contributed by atoms with van der Waals surface area (Å²) in [6.45, 7) is 11.0. The summed E-state index contributed by atoms with van der Waals surface area (Å²) < 4.78 is 12.6. The van der Waals surface area contributed by atoms with Crippen LogP contribution in [-0.2, 0) is 20.7 Å². The molecule has 0 unspecified atom stereocenters. The van der Waals surface area contributed by atoms with Crippen molar-refractivity contribution in [2.75, 3.05) is 23.7 Å². The number of ether oxygens (including phenoxy) is 2. The van der Waals surface area contributed by atoms with Gasteiger partial charge in [-0.2, -0.15) is 4.58 Å².